The number of nitrogen functional groups attached to an aromatic ring is 1. The van der Waals surface area contributed by atoms with E-state index in [-0.39, 0.29) is 0 Å². The van der Waals surface area contributed by atoms with Crippen LogP contribution in [0.2, 0.25) is 0 Å². The van der Waals surface area contributed by atoms with Crippen molar-refractivity contribution in [2.45, 2.75) is 32.6 Å². The predicted octanol–water partition coefficient (Wildman–Crippen LogP) is 3.52. The zero-order valence-electron chi connectivity index (χ0n) is 12.7. The van der Waals surface area contributed by atoms with Crippen LogP contribution in [0.15, 0.2) is 12.1 Å². The van der Waals surface area contributed by atoms with Gasteiger partial charge in [0.2, 0.25) is 0 Å². The molecular weight excluding hydrogens is 252 g/mol. The van der Waals surface area contributed by atoms with Gasteiger partial charge in [-0.05, 0) is 24.7 Å². The van der Waals surface area contributed by atoms with E-state index in [1.165, 1.54) is 25.7 Å². The second-order valence-corrected chi connectivity index (χ2v) is 5.80. The van der Waals surface area contributed by atoms with Crippen LogP contribution in [0.5, 0.6) is 11.5 Å². The van der Waals surface area contributed by atoms with E-state index < -0.39 is 0 Å². The van der Waals surface area contributed by atoms with Crippen LogP contribution < -0.4 is 20.5 Å². The van der Waals surface area contributed by atoms with Crippen molar-refractivity contribution in [1.29, 1.82) is 0 Å². The van der Waals surface area contributed by atoms with Gasteiger partial charge in [-0.2, -0.15) is 0 Å². The summed E-state index contributed by atoms with van der Waals surface area (Å²) in [5.74, 6) is 3.01. The molecular formula is C16H26N2O2. The van der Waals surface area contributed by atoms with E-state index in [4.69, 9.17) is 15.2 Å². The monoisotopic (exact) mass is 278 g/mol. The number of rotatable bonds is 5. The Bertz CT molecular complexity index is 440. The van der Waals surface area contributed by atoms with Crippen molar-refractivity contribution in [3.8, 4) is 11.5 Å². The molecule has 1 aromatic carbocycles. The van der Waals surface area contributed by atoms with Crippen LogP contribution in [0.3, 0.4) is 0 Å². The number of anilines is 2. The van der Waals surface area contributed by atoms with Crippen LogP contribution in [-0.4, -0.2) is 20.8 Å². The summed E-state index contributed by atoms with van der Waals surface area (Å²) in [5.41, 5.74) is 7.69. The van der Waals surface area contributed by atoms with Gasteiger partial charge in [0.15, 0.2) is 11.5 Å². The first-order valence-electron chi connectivity index (χ1n) is 7.39. The summed E-state index contributed by atoms with van der Waals surface area (Å²) < 4.78 is 10.6. The number of benzene rings is 1. The van der Waals surface area contributed by atoms with Gasteiger partial charge in [-0.1, -0.05) is 19.8 Å². The Morgan fingerprint density at radius 1 is 1.10 bits per heavy atom. The van der Waals surface area contributed by atoms with Gasteiger partial charge in [0, 0.05) is 18.7 Å². The van der Waals surface area contributed by atoms with Crippen molar-refractivity contribution in [3.63, 3.8) is 0 Å². The minimum absolute atomic E-state index is 0.669. The third kappa shape index (κ3) is 3.50. The van der Waals surface area contributed by atoms with Crippen LogP contribution in [0, 0.1) is 11.8 Å². The molecule has 3 N–H and O–H groups in total. The zero-order chi connectivity index (χ0) is 14.5. The molecule has 0 aromatic heterocycles. The lowest BCUT2D eigenvalue weighted by molar-refractivity contribution is 0.300. The number of methoxy groups -OCH3 is 2. The Hall–Kier alpha value is -1.58. The standard InChI is InChI=1S/C16H26N2O2/c1-11-4-6-12(7-5-11)10-18-14-9-16(20-3)15(19-2)8-13(14)17/h8-9,11-12,18H,4-7,10,17H2,1-3H3. The van der Waals surface area contributed by atoms with Crippen LogP contribution in [0.4, 0.5) is 11.4 Å². The molecule has 0 aliphatic heterocycles. The summed E-state index contributed by atoms with van der Waals surface area (Å²) in [6.07, 6.45) is 5.30. The largest absolute Gasteiger partial charge is 0.493 e. The van der Waals surface area contributed by atoms with Gasteiger partial charge < -0.3 is 20.5 Å². The normalized spacial score (nSPS) is 22.4. The van der Waals surface area contributed by atoms with Crippen LogP contribution >= 0.6 is 0 Å². The van der Waals surface area contributed by atoms with E-state index in [0.717, 1.165) is 24.1 Å². The Balaban J connectivity index is 1.98. The fourth-order valence-electron chi connectivity index (χ4n) is 2.84. The molecule has 4 heteroatoms. The highest BCUT2D eigenvalue weighted by molar-refractivity contribution is 5.72. The maximum Gasteiger partial charge on any atom is 0.162 e. The molecule has 1 aliphatic rings. The summed E-state index contributed by atoms with van der Waals surface area (Å²) in [4.78, 5) is 0. The summed E-state index contributed by atoms with van der Waals surface area (Å²) in [5, 5.41) is 3.46. The molecule has 2 rings (SSSR count). The predicted molar refractivity (Wildman–Crippen MR) is 83.6 cm³/mol. The summed E-state index contributed by atoms with van der Waals surface area (Å²) in [7, 11) is 3.26. The van der Waals surface area contributed by atoms with Gasteiger partial charge in [-0.25, -0.2) is 0 Å². The SMILES string of the molecule is COc1cc(N)c(NCC2CCC(C)CC2)cc1OC. The highest BCUT2D eigenvalue weighted by Gasteiger charge is 2.18. The molecule has 0 heterocycles. The molecule has 0 radical (unpaired) electrons. The quantitative estimate of drug-likeness (QED) is 0.809. The highest BCUT2D eigenvalue weighted by Crippen LogP contribution is 2.35. The first-order valence-corrected chi connectivity index (χ1v) is 7.39. The van der Waals surface area contributed by atoms with Crippen molar-refractivity contribution in [3.05, 3.63) is 12.1 Å². The molecule has 1 aliphatic carbocycles. The van der Waals surface area contributed by atoms with Gasteiger partial charge in [-0.3, -0.25) is 0 Å². The van der Waals surface area contributed by atoms with Crippen molar-refractivity contribution in [1.82, 2.24) is 0 Å². The third-order valence-corrected chi connectivity index (χ3v) is 4.27. The molecule has 0 atom stereocenters. The molecule has 4 nitrogen and oxygen atoms in total. The van der Waals surface area contributed by atoms with E-state index >= 15 is 0 Å². The number of ether oxygens (including phenoxy) is 2. The molecule has 0 bridgehead atoms. The molecule has 0 amide bonds. The second-order valence-electron chi connectivity index (χ2n) is 5.80. The fraction of sp³-hybridized carbons (Fsp3) is 0.625. The summed E-state index contributed by atoms with van der Waals surface area (Å²) in [6, 6.07) is 3.73. The number of hydrogen-bond donors (Lipinski definition) is 2. The lowest BCUT2D eigenvalue weighted by atomic mass is 9.83. The molecule has 1 aromatic rings. The second kappa shape index (κ2) is 6.73. The van der Waals surface area contributed by atoms with E-state index in [0.29, 0.717) is 17.2 Å². The molecule has 20 heavy (non-hydrogen) atoms. The minimum atomic E-state index is 0.669. The van der Waals surface area contributed by atoms with Crippen molar-refractivity contribution < 1.29 is 9.47 Å². The minimum Gasteiger partial charge on any atom is -0.493 e. The fourth-order valence-corrected chi connectivity index (χ4v) is 2.84. The first-order chi connectivity index (χ1) is 9.63. The number of nitrogens with two attached hydrogens (primary N) is 1. The molecule has 1 fully saturated rings. The van der Waals surface area contributed by atoms with Gasteiger partial charge in [-0.15, -0.1) is 0 Å². The number of nitrogens with one attached hydrogen (secondary N) is 1. The molecule has 0 unspecified atom stereocenters. The average Bonchev–Trinajstić information content (AvgIpc) is 2.47. The van der Waals surface area contributed by atoms with Crippen LogP contribution in [-0.2, 0) is 0 Å². The highest BCUT2D eigenvalue weighted by atomic mass is 16.5. The summed E-state index contributed by atoms with van der Waals surface area (Å²) >= 11 is 0. The molecule has 0 spiro atoms. The molecule has 0 saturated heterocycles. The van der Waals surface area contributed by atoms with Gasteiger partial charge in [0.05, 0.1) is 25.6 Å². The van der Waals surface area contributed by atoms with Gasteiger partial charge in [0.1, 0.15) is 0 Å². The van der Waals surface area contributed by atoms with E-state index in [2.05, 4.69) is 12.2 Å². The van der Waals surface area contributed by atoms with Crippen molar-refractivity contribution >= 4 is 11.4 Å². The Morgan fingerprint density at radius 3 is 2.30 bits per heavy atom. The smallest absolute Gasteiger partial charge is 0.162 e. The van der Waals surface area contributed by atoms with E-state index in [1.807, 2.05) is 12.1 Å². The van der Waals surface area contributed by atoms with Crippen LogP contribution in [0.25, 0.3) is 0 Å². The lowest BCUT2D eigenvalue weighted by Crippen LogP contribution is -2.20. The first kappa shape index (κ1) is 14.8. The Morgan fingerprint density at radius 2 is 1.70 bits per heavy atom. The Kier molecular flexibility index (Phi) is 4.99. The van der Waals surface area contributed by atoms with Gasteiger partial charge in [0.25, 0.3) is 0 Å². The van der Waals surface area contributed by atoms with Crippen molar-refractivity contribution in [2.75, 3.05) is 31.8 Å². The van der Waals surface area contributed by atoms with E-state index in [1.54, 1.807) is 14.2 Å². The van der Waals surface area contributed by atoms with E-state index in [9.17, 15) is 0 Å². The third-order valence-electron chi connectivity index (χ3n) is 4.27. The lowest BCUT2D eigenvalue weighted by Gasteiger charge is -2.27. The topological polar surface area (TPSA) is 56.5 Å². The molecule has 1 saturated carbocycles. The Labute approximate surface area is 121 Å². The number of hydrogen-bond acceptors (Lipinski definition) is 4. The van der Waals surface area contributed by atoms with Crippen molar-refractivity contribution in [2.24, 2.45) is 11.8 Å². The average molecular weight is 278 g/mol. The van der Waals surface area contributed by atoms with Crippen LogP contribution in [0.1, 0.15) is 32.6 Å². The van der Waals surface area contributed by atoms with Gasteiger partial charge >= 0.3 is 0 Å². The molecule has 112 valence electrons. The maximum atomic E-state index is 6.06. The maximum absolute atomic E-state index is 6.06. The zero-order valence-corrected chi connectivity index (χ0v) is 12.7. The summed E-state index contributed by atoms with van der Waals surface area (Å²) in [6.45, 7) is 3.32.